The summed E-state index contributed by atoms with van der Waals surface area (Å²) in [6, 6.07) is 3.72. The predicted molar refractivity (Wildman–Crippen MR) is 45.5 cm³/mol. The third-order valence-electron chi connectivity index (χ3n) is 1.57. The molecule has 0 saturated heterocycles. The van der Waals surface area contributed by atoms with Crippen molar-refractivity contribution in [2.24, 2.45) is 0 Å². The van der Waals surface area contributed by atoms with E-state index in [9.17, 15) is 0 Å². The molecule has 2 rings (SSSR count). The van der Waals surface area contributed by atoms with Gasteiger partial charge in [-0.1, -0.05) is 0 Å². The second-order valence-corrected chi connectivity index (χ2v) is 2.44. The van der Waals surface area contributed by atoms with E-state index in [0.29, 0.717) is 6.42 Å². The zero-order valence-electron chi connectivity index (χ0n) is 6.44. The Morgan fingerprint density at radius 3 is 3.25 bits per heavy atom. The first kappa shape index (κ1) is 6.86. The molecule has 0 amide bonds. The molecular formula is C9H7N3. The van der Waals surface area contributed by atoms with Crippen LogP contribution >= 0.6 is 0 Å². The molecule has 2 aromatic heterocycles. The Hall–Kier alpha value is -1.82. The number of hydrogen-bond acceptors (Lipinski definition) is 2. The summed E-state index contributed by atoms with van der Waals surface area (Å²) >= 11 is 0. The van der Waals surface area contributed by atoms with Crippen molar-refractivity contribution in [2.75, 3.05) is 0 Å². The van der Waals surface area contributed by atoms with E-state index in [-0.39, 0.29) is 0 Å². The fourth-order valence-corrected chi connectivity index (χ4v) is 1.07. The summed E-state index contributed by atoms with van der Waals surface area (Å²) in [5, 5.41) is 4.21. The van der Waals surface area contributed by atoms with Crippen LogP contribution in [0.15, 0.2) is 24.5 Å². The molecule has 2 heterocycles. The van der Waals surface area contributed by atoms with Crippen molar-refractivity contribution < 1.29 is 0 Å². The van der Waals surface area contributed by atoms with E-state index < -0.39 is 0 Å². The molecule has 0 aliphatic rings. The third-order valence-corrected chi connectivity index (χ3v) is 1.57. The van der Waals surface area contributed by atoms with Crippen LogP contribution in [0.1, 0.15) is 5.69 Å². The maximum atomic E-state index is 5.16. The van der Waals surface area contributed by atoms with Crippen LogP contribution in [-0.2, 0) is 6.42 Å². The lowest BCUT2D eigenvalue weighted by molar-refractivity contribution is 0.906. The Kier molecular flexibility index (Phi) is 1.52. The highest BCUT2D eigenvalue weighted by molar-refractivity contribution is 5.38. The van der Waals surface area contributed by atoms with Crippen molar-refractivity contribution in [1.29, 1.82) is 0 Å². The highest BCUT2D eigenvalue weighted by Crippen LogP contribution is 2.02. The molecule has 0 aliphatic carbocycles. The smallest absolute Gasteiger partial charge is 0.155 e. The highest BCUT2D eigenvalue weighted by Gasteiger charge is 1.98. The van der Waals surface area contributed by atoms with Crippen LogP contribution in [0.5, 0.6) is 0 Å². The lowest BCUT2D eigenvalue weighted by Gasteiger charge is -1.86. The Labute approximate surface area is 70.1 Å². The van der Waals surface area contributed by atoms with Crippen molar-refractivity contribution in [3.8, 4) is 12.3 Å². The summed E-state index contributed by atoms with van der Waals surface area (Å²) < 4.78 is 1.71. The molecule has 3 nitrogen and oxygen atoms in total. The van der Waals surface area contributed by atoms with Crippen LogP contribution < -0.4 is 0 Å². The quantitative estimate of drug-likeness (QED) is 0.576. The number of rotatable bonds is 1. The minimum atomic E-state index is 0.559. The largest absolute Gasteiger partial charge is 0.237 e. The molecule has 2 aromatic rings. The third kappa shape index (κ3) is 1.04. The van der Waals surface area contributed by atoms with Crippen LogP contribution in [0, 0.1) is 12.3 Å². The van der Waals surface area contributed by atoms with Gasteiger partial charge in [0.25, 0.3) is 0 Å². The van der Waals surface area contributed by atoms with E-state index >= 15 is 0 Å². The van der Waals surface area contributed by atoms with Gasteiger partial charge in [0.2, 0.25) is 0 Å². The molecule has 0 fully saturated rings. The van der Waals surface area contributed by atoms with Crippen LogP contribution in [0.4, 0.5) is 0 Å². The van der Waals surface area contributed by atoms with Crippen LogP contribution in [0.2, 0.25) is 0 Å². The summed E-state index contributed by atoms with van der Waals surface area (Å²) in [6.45, 7) is 0. The summed E-state index contributed by atoms with van der Waals surface area (Å²) in [5.41, 5.74) is 1.72. The van der Waals surface area contributed by atoms with Crippen LogP contribution in [0.3, 0.4) is 0 Å². The van der Waals surface area contributed by atoms with Gasteiger partial charge in [-0.3, -0.25) is 0 Å². The van der Waals surface area contributed by atoms with Crippen molar-refractivity contribution in [1.82, 2.24) is 14.6 Å². The molecule has 12 heavy (non-hydrogen) atoms. The molecule has 0 saturated carbocycles. The van der Waals surface area contributed by atoms with E-state index in [1.807, 2.05) is 18.3 Å². The fourth-order valence-electron chi connectivity index (χ4n) is 1.07. The molecule has 0 N–H and O–H groups in total. The molecule has 0 unspecified atom stereocenters. The summed E-state index contributed by atoms with van der Waals surface area (Å²) in [7, 11) is 0. The maximum absolute atomic E-state index is 5.16. The highest BCUT2D eigenvalue weighted by atomic mass is 15.2. The van der Waals surface area contributed by atoms with Crippen molar-refractivity contribution in [3.05, 3.63) is 30.2 Å². The first-order valence-electron chi connectivity index (χ1n) is 3.63. The van der Waals surface area contributed by atoms with Crippen molar-refractivity contribution >= 4 is 5.65 Å². The van der Waals surface area contributed by atoms with Gasteiger partial charge in [-0.15, -0.1) is 12.3 Å². The van der Waals surface area contributed by atoms with Gasteiger partial charge in [-0.05, 0) is 6.07 Å². The van der Waals surface area contributed by atoms with Gasteiger partial charge in [0.15, 0.2) is 5.65 Å². The lowest BCUT2D eigenvalue weighted by atomic mass is 10.3. The van der Waals surface area contributed by atoms with Crippen molar-refractivity contribution in [3.63, 3.8) is 0 Å². The van der Waals surface area contributed by atoms with E-state index in [4.69, 9.17) is 6.42 Å². The molecule has 0 aliphatic heterocycles. The summed E-state index contributed by atoms with van der Waals surface area (Å²) in [6.07, 6.45) is 9.30. The van der Waals surface area contributed by atoms with E-state index in [0.717, 1.165) is 11.3 Å². The maximum Gasteiger partial charge on any atom is 0.155 e. The van der Waals surface area contributed by atoms with Gasteiger partial charge < -0.3 is 0 Å². The first-order valence-corrected chi connectivity index (χ1v) is 3.63. The number of terminal acetylenes is 1. The fraction of sp³-hybridized carbons (Fsp3) is 0.111. The van der Waals surface area contributed by atoms with Gasteiger partial charge in [0, 0.05) is 18.5 Å². The number of nitrogens with zero attached hydrogens (tertiary/aromatic N) is 3. The molecule has 3 heteroatoms. The summed E-state index contributed by atoms with van der Waals surface area (Å²) in [5.74, 6) is 2.54. The zero-order valence-corrected chi connectivity index (χ0v) is 6.44. The topological polar surface area (TPSA) is 30.2 Å². The molecule has 0 spiro atoms. The van der Waals surface area contributed by atoms with E-state index in [1.54, 1.807) is 10.7 Å². The standard InChI is InChI=1S/C9H7N3/c1-2-4-8-7-9-10-5-3-6-12(9)11-8/h1,3,5-7H,4H2. The van der Waals surface area contributed by atoms with Gasteiger partial charge in [-0.25, -0.2) is 9.50 Å². The van der Waals surface area contributed by atoms with Gasteiger partial charge in [-0.2, -0.15) is 5.10 Å². The Morgan fingerprint density at radius 1 is 1.58 bits per heavy atom. The van der Waals surface area contributed by atoms with E-state index in [2.05, 4.69) is 16.0 Å². The number of aromatic nitrogens is 3. The Balaban J connectivity index is 2.56. The molecule has 58 valence electrons. The Bertz CT molecular complexity index is 403. The van der Waals surface area contributed by atoms with Gasteiger partial charge >= 0.3 is 0 Å². The minimum Gasteiger partial charge on any atom is -0.237 e. The van der Waals surface area contributed by atoms with Gasteiger partial charge in [0.05, 0.1) is 12.1 Å². The average molecular weight is 157 g/mol. The predicted octanol–water partition coefficient (Wildman–Crippen LogP) is 0.905. The van der Waals surface area contributed by atoms with E-state index in [1.165, 1.54) is 0 Å². The molecule has 0 radical (unpaired) electrons. The lowest BCUT2D eigenvalue weighted by Crippen LogP contribution is -1.88. The van der Waals surface area contributed by atoms with Crippen molar-refractivity contribution in [2.45, 2.75) is 6.42 Å². The van der Waals surface area contributed by atoms with Gasteiger partial charge in [0.1, 0.15) is 0 Å². The van der Waals surface area contributed by atoms with Crippen LogP contribution in [0.25, 0.3) is 5.65 Å². The Morgan fingerprint density at radius 2 is 2.50 bits per heavy atom. The number of hydrogen-bond donors (Lipinski definition) is 0. The van der Waals surface area contributed by atoms with Crippen LogP contribution in [-0.4, -0.2) is 14.6 Å². The monoisotopic (exact) mass is 157 g/mol. The SMILES string of the molecule is C#CCc1cc2ncccn2n1. The molecular weight excluding hydrogens is 150 g/mol. The average Bonchev–Trinajstić information content (AvgIpc) is 2.47. The summed E-state index contributed by atoms with van der Waals surface area (Å²) in [4.78, 5) is 4.12. The molecule has 0 aromatic carbocycles. The minimum absolute atomic E-state index is 0.559. The zero-order chi connectivity index (χ0) is 8.39. The molecule has 0 atom stereocenters. The normalized spacial score (nSPS) is 9.92. The number of fused-ring (bicyclic) bond motifs is 1. The second-order valence-electron chi connectivity index (χ2n) is 2.44. The molecule has 0 bridgehead atoms. The first-order chi connectivity index (χ1) is 5.90. The second kappa shape index (κ2) is 2.67.